The van der Waals surface area contributed by atoms with Crippen LogP contribution in [-0.2, 0) is 14.3 Å². The third-order valence-electron chi connectivity index (χ3n) is 3.42. The minimum Gasteiger partial charge on any atom is -0.379 e. The zero-order valence-corrected chi connectivity index (χ0v) is 14.1. The number of nitrogens with zero attached hydrogens (tertiary/aromatic N) is 1. The van der Waals surface area contributed by atoms with E-state index in [4.69, 9.17) is 27.9 Å². The molecular weight excluding hydrogens is 341 g/mol. The Hall–Kier alpha value is -1.34. The van der Waals surface area contributed by atoms with E-state index < -0.39 is 11.8 Å². The Labute approximate surface area is 145 Å². The van der Waals surface area contributed by atoms with Crippen molar-refractivity contribution >= 4 is 40.7 Å². The summed E-state index contributed by atoms with van der Waals surface area (Å²) in [6.45, 7) is 4.64. The summed E-state index contributed by atoms with van der Waals surface area (Å²) in [6.07, 6.45) is 0.784. The lowest BCUT2D eigenvalue weighted by atomic mass is 10.3. The quantitative estimate of drug-likeness (QED) is 0.620. The standard InChI is InChI=1S/C15H19Cl2N3O3/c16-12-3-2-11(10-13(12)17)19-15(22)14(21)18-4-1-5-20-6-8-23-9-7-20/h2-3,10H,1,4-9H2,(H,18,21)(H,19,22). The van der Waals surface area contributed by atoms with Crippen molar-refractivity contribution in [1.29, 1.82) is 0 Å². The molecule has 126 valence electrons. The molecule has 6 nitrogen and oxygen atoms in total. The van der Waals surface area contributed by atoms with Crippen LogP contribution in [-0.4, -0.2) is 56.1 Å². The minimum atomic E-state index is -0.727. The normalized spacial score (nSPS) is 15.2. The Balaban J connectivity index is 1.68. The molecule has 0 unspecified atom stereocenters. The van der Waals surface area contributed by atoms with Crippen molar-refractivity contribution in [3.05, 3.63) is 28.2 Å². The van der Waals surface area contributed by atoms with Gasteiger partial charge in [-0.3, -0.25) is 14.5 Å². The molecule has 0 radical (unpaired) electrons. The molecule has 1 aliphatic heterocycles. The largest absolute Gasteiger partial charge is 0.379 e. The molecule has 0 bridgehead atoms. The molecule has 0 spiro atoms. The second-order valence-electron chi connectivity index (χ2n) is 5.15. The number of anilines is 1. The van der Waals surface area contributed by atoms with Crippen LogP contribution in [0.4, 0.5) is 5.69 Å². The maximum atomic E-state index is 11.8. The fraction of sp³-hybridized carbons (Fsp3) is 0.467. The molecule has 1 aromatic rings. The predicted molar refractivity (Wildman–Crippen MR) is 90.0 cm³/mol. The average Bonchev–Trinajstić information content (AvgIpc) is 2.55. The molecule has 0 aliphatic carbocycles. The molecule has 0 saturated carbocycles. The van der Waals surface area contributed by atoms with E-state index >= 15 is 0 Å². The summed E-state index contributed by atoms with van der Waals surface area (Å²) in [6, 6.07) is 4.63. The van der Waals surface area contributed by atoms with Gasteiger partial charge in [-0.05, 0) is 31.2 Å². The number of rotatable bonds is 5. The van der Waals surface area contributed by atoms with Crippen LogP contribution in [0.2, 0.25) is 10.0 Å². The molecule has 1 aliphatic rings. The summed E-state index contributed by atoms with van der Waals surface area (Å²) < 4.78 is 5.27. The number of ether oxygens (including phenoxy) is 1. The molecule has 23 heavy (non-hydrogen) atoms. The third kappa shape index (κ3) is 5.99. The van der Waals surface area contributed by atoms with Gasteiger partial charge in [0.1, 0.15) is 0 Å². The molecule has 1 heterocycles. The highest BCUT2D eigenvalue weighted by Gasteiger charge is 2.14. The van der Waals surface area contributed by atoms with Gasteiger partial charge >= 0.3 is 11.8 Å². The fourth-order valence-electron chi connectivity index (χ4n) is 2.17. The van der Waals surface area contributed by atoms with E-state index in [0.29, 0.717) is 22.3 Å². The number of hydrogen-bond donors (Lipinski definition) is 2. The summed E-state index contributed by atoms with van der Waals surface area (Å²) in [4.78, 5) is 25.8. The van der Waals surface area contributed by atoms with Crippen LogP contribution in [0.3, 0.4) is 0 Å². The summed E-state index contributed by atoms with van der Waals surface area (Å²) in [5.41, 5.74) is 0.424. The molecule has 0 aromatic heterocycles. The summed E-state index contributed by atoms with van der Waals surface area (Å²) in [5.74, 6) is -1.40. The van der Waals surface area contributed by atoms with Crippen LogP contribution >= 0.6 is 23.2 Å². The molecule has 1 saturated heterocycles. The first-order valence-corrected chi connectivity index (χ1v) is 8.16. The van der Waals surface area contributed by atoms with E-state index in [9.17, 15) is 9.59 Å². The minimum absolute atomic E-state index is 0.315. The van der Waals surface area contributed by atoms with Crippen LogP contribution in [0.15, 0.2) is 18.2 Å². The highest BCUT2D eigenvalue weighted by Crippen LogP contribution is 2.24. The van der Waals surface area contributed by atoms with Gasteiger partial charge in [0, 0.05) is 25.3 Å². The highest BCUT2D eigenvalue weighted by atomic mass is 35.5. The van der Waals surface area contributed by atoms with Crippen molar-refractivity contribution in [3.8, 4) is 0 Å². The zero-order chi connectivity index (χ0) is 16.7. The number of hydrogen-bond acceptors (Lipinski definition) is 4. The number of carbonyl (C=O) groups excluding carboxylic acids is 2. The van der Waals surface area contributed by atoms with Crippen LogP contribution < -0.4 is 10.6 Å². The van der Waals surface area contributed by atoms with Crippen LogP contribution in [0.25, 0.3) is 0 Å². The lowest BCUT2D eigenvalue weighted by Gasteiger charge is -2.26. The molecule has 0 atom stereocenters. The average molecular weight is 360 g/mol. The van der Waals surface area contributed by atoms with Crippen molar-refractivity contribution in [1.82, 2.24) is 10.2 Å². The second-order valence-corrected chi connectivity index (χ2v) is 5.96. The summed E-state index contributed by atoms with van der Waals surface area (Å²) in [7, 11) is 0. The predicted octanol–water partition coefficient (Wildman–Crippen LogP) is 1.77. The van der Waals surface area contributed by atoms with Crippen molar-refractivity contribution in [3.63, 3.8) is 0 Å². The second kappa shape index (κ2) is 9.08. The van der Waals surface area contributed by atoms with Crippen molar-refractivity contribution < 1.29 is 14.3 Å². The molecule has 2 rings (SSSR count). The number of halogens is 2. The van der Waals surface area contributed by atoms with Crippen molar-refractivity contribution in [2.24, 2.45) is 0 Å². The Morgan fingerprint density at radius 1 is 1.13 bits per heavy atom. The smallest absolute Gasteiger partial charge is 0.313 e. The Morgan fingerprint density at radius 2 is 1.87 bits per heavy atom. The van der Waals surface area contributed by atoms with Crippen LogP contribution in [0.1, 0.15) is 6.42 Å². The molecule has 1 aromatic carbocycles. The SMILES string of the molecule is O=C(NCCCN1CCOCC1)C(=O)Nc1ccc(Cl)c(Cl)c1. The van der Waals surface area contributed by atoms with E-state index in [2.05, 4.69) is 15.5 Å². The van der Waals surface area contributed by atoms with E-state index in [1.807, 2.05) is 0 Å². The van der Waals surface area contributed by atoms with E-state index in [0.717, 1.165) is 39.3 Å². The van der Waals surface area contributed by atoms with Gasteiger partial charge in [-0.15, -0.1) is 0 Å². The molecule has 1 fully saturated rings. The highest BCUT2D eigenvalue weighted by molar-refractivity contribution is 6.42. The van der Waals surface area contributed by atoms with E-state index in [1.54, 1.807) is 12.1 Å². The maximum Gasteiger partial charge on any atom is 0.313 e. The molecule has 2 N–H and O–H groups in total. The first-order chi connectivity index (χ1) is 11.1. The van der Waals surface area contributed by atoms with E-state index in [1.165, 1.54) is 6.07 Å². The van der Waals surface area contributed by atoms with E-state index in [-0.39, 0.29) is 0 Å². The van der Waals surface area contributed by atoms with Gasteiger partial charge < -0.3 is 15.4 Å². The van der Waals surface area contributed by atoms with Gasteiger partial charge in [-0.25, -0.2) is 0 Å². The molecule has 8 heteroatoms. The number of nitrogens with one attached hydrogen (secondary N) is 2. The zero-order valence-electron chi connectivity index (χ0n) is 12.6. The fourth-order valence-corrected chi connectivity index (χ4v) is 2.47. The number of benzene rings is 1. The van der Waals surface area contributed by atoms with Gasteiger partial charge in [0.25, 0.3) is 0 Å². The number of morpholine rings is 1. The Kier molecular flexibility index (Phi) is 7.11. The first kappa shape index (κ1) is 18.0. The Bertz CT molecular complexity index is 563. The molecular formula is C15H19Cl2N3O3. The van der Waals surface area contributed by atoms with Gasteiger partial charge in [0.15, 0.2) is 0 Å². The van der Waals surface area contributed by atoms with Crippen molar-refractivity contribution in [2.75, 3.05) is 44.7 Å². The topological polar surface area (TPSA) is 70.7 Å². The van der Waals surface area contributed by atoms with Gasteiger partial charge in [-0.2, -0.15) is 0 Å². The first-order valence-electron chi connectivity index (χ1n) is 7.40. The summed E-state index contributed by atoms with van der Waals surface area (Å²) >= 11 is 11.6. The van der Waals surface area contributed by atoms with Crippen molar-refractivity contribution in [2.45, 2.75) is 6.42 Å². The van der Waals surface area contributed by atoms with Gasteiger partial charge in [0.2, 0.25) is 0 Å². The summed E-state index contributed by atoms with van der Waals surface area (Å²) in [5, 5.41) is 5.78. The monoisotopic (exact) mass is 359 g/mol. The number of amides is 2. The van der Waals surface area contributed by atoms with Gasteiger partial charge in [-0.1, -0.05) is 23.2 Å². The lowest BCUT2D eigenvalue weighted by Crippen LogP contribution is -2.39. The Morgan fingerprint density at radius 3 is 2.57 bits per heavy atom. The maximum absolute atomic E-state index is 11.8. The van der Waals surface area contributed by atoms with Gasteiger partial charge in [0.05, 0.1) is 23.3 Å². The van der Waals surface area contributed by atoms with Crippen LogP contribution in [0.5, 0.6) is 0 Å². The lowest BCUT2D eigenvalue weighted by molar-refractivity contribution is -0.136. The van der Waals surface area contributed by atoms with Crippen LogP contribution in [0, 0.1) is 0 Å². The third-order valence-corrected chi connectivity index (χ3v) is 4.16. The molecule has 2 amide bonds. The number of carbonyl (C=O) groups is 2.